The molecular formula is C17H17NO3. The molecule has 1 fully saturated rings. The molecule has 1 aliphatic heterocycles. The summed E-state index contributed by atoms with van der Waals surface area (Å²) in [5, 5.41) is 10.9. The molecule has 2 aromatic carbocycles. The lowest BCUT2D eigenvalue weighted by Gasteiger charge is -2.24. The zero-order chi connectivity index (χ0) is 14.8. The number of aliphatic carboxylic acids is 1. The molecule has 1 unspecified atom stereocenters. The highest BCUT2D eigenvalue weighted by atomic mass is 16.4. The highest BCUT2D eigenvalue weighted by Crippen LogP contribution is 2.26. The van der Waals surface area contributed by atoms with Crippen LogP contribution in [0.4, 0.5) is 0 Å². The van der Waals surface area contributed by atoms with E-state index in [2.05, 4.69) is 0 Å². The van der Waals surface area contributed by atoms with Gasteiger partial charge in [0, 0.05) is 18.2 Å². The number of carboxylic acids is 1. The van der Waals surface area contributed by atoms with E-state index in [-0.39, 0.29) is 18.4 Å². The van der Waals surface area contributed by atoms with E-state index in [0.717, 1.165) is 23.6 Å². The molecular weight excluding hydrogens is 266 g/mol. The second-order valence-electron chi connectivity index (χ2n) is 5.42. The third-order valence-corrected chi connectivity index (χ3v) is 4.07. The summed E-state index contributed by atoms with van der Waals surface area (Å²) in [6, 6.07) is 13.3. The van der Waals surface area contributed by atoms with E-state index in [1.54, 1.807) is 4.90 Å². The first-order valence-corrected chi connectivity index (χ1v) is 7.17. The van der Waals surface area contributed by atoms with Gasteiger partial charge in [-0.1, -0.05) is 36.4 Å². The Morgan fingerprint density at radius 1 is 1.14 bits per heavy atom. The van der Waals surface area contributed by atoms with E-state index < -0.39 is 5.97 Å². The highest BCUT2D eigenvalue weighted by Gasteiger charge is 2.31. The van der Waals surface area contributed by atoms with E-state index in [1.807, 2.05) is 42.5 Å². The van der Waals surface area contributed by atoms with Gasteiger partial charge >= 0.3 is 5.97 Å². The summed E-state index contributed by atoms with van der Waals surface area (Å²) in [7, 11) is 0. The van der Waals surface area contributed by atoms with Crippen LogP contribution in [0.15, 0.2) is 42.5 Å². The number of hydrogen-bond donors (Lipinski definition) is 1. The molecule has 1 heterocycles. The van der Waals surface area contributed by atoms with Gasteiger partial charge in [0.1, 0.15) is 0 Å². The van der Waals surface area contributed by atoms with Crippen LogP contribution in [0.25, 0.3) is 10.8 Å². The molecule has 0 bridgehead atoms. The van der Waals surface area contributed by atoms with Gasteiger partial charge in [0.05, 0.1) is 6.42 Å². The third-order valence-electron chi connectivity index (χ3n) is 4.07. The maximum Gasteiger partial charge on any atom is 0.305 e. The molecule has 1 aliphatic rings. The number of nitrogens with zero attached hydrogens (tertiary/aromatic N) is 1. The second kappa shape index (κ2) is 5.56. The van der Waals surface area contributed by atoms with Gasteiger partial charge in [-0.25, -0.2) is 0 Å². The number of likely N-dealkylation sites (tertiary alicyclic amines) is 1. The molecule has 21 heavy (non-hydrogen) atoms. The van der Waals surface area contributed by atoms with Gasteiger partial charge in [0.15, 0.2) is 0 Å². The monoisotopic (exact) mass is 283 g/mol. The van der Waals surface area contributed by atoms with Gasteiger partial charge in [-0.15, -0.1) is 0 Å². The summed E-state index contributed by atoms with van der Waals surface area (Å²) in [5.74, 6) is -0.909. The molecule has 1 amide bonds. The van der Waals surface area contributed by atoms with E-state index in [0.29, 0.717) is 12.1 Å². The van der Waals surface area contributed by atoms with Crippen LogP contribution in [0.2, 0.25) is 0 Å². The first-order valence-electron chi connectivity index (χ1n) is 7.17. The number of hydrogen-bond acceptors (Lipinski definition) is 2. The largest absolute Gasteiger partial charge is 0.481 e. The number of rotatable bonds is 3. The predicted molar refractivity (Wildman–Crippen MR) is 80.3 cm³/mol. The van der Waals surface area contributed by atoms with Crippen LogP contribution in [0, 0.1) is 0 Å². The number of carbonyl (C=O) groups excluding carboxylic acids is 1. The number of benzene rings is 2. The Kier molecular flexibility index (Phi) is 3.60. The molecule has 0 aromatic heterocycles. The Morgan fingerprint density at radius 3 is 2.71 bits per heavy atom. The van der Waals surface area contributed by atoms with Crippen LogP contribution in [0.1, 0.15) is 29.6 Å². The van der Waals surface area contributed by atoms with Crippen LogP contribution in [0.5, 0.6) is 0 Å². The Balaban J connectivity index is 1.95. The van der Waals surface area contributed by atoms with Gasteiger partial charge in [0.2, 0.25) is 0 Å². The SMILES string of the molecule is O=C(O)CC1CCCN1C(=O)c1cccc2ccccc12. The van der Waals surface area contributed by atoms with E-state index in [1.165, 1.54) is 0 Å². The van der Waals surface area contributed by atoms with Crippen molar-refractivity contribution in [2.45, 2.75) is 25.3 Å². The average Bonchev–Trinajstić information content (AvgIpc) is 2.93. The molecule has 0 aliphatic carbocycles. The normalized spacial score (nSPS) is 18.1. The van der Waals surface area contributed by atoms with Gasteiger partial charge in [-0.05, 0) is 29.7 Å². The average molecular weight is 283 g/mol. The fourth-order valence-corrected chi connectivity index (χ4v) is 3.08. The molecule has 1 saturated heterocycles. The molecule has 0 saturated carbocycles. The van der Waals surface area contributed by atoms with Gasteiger partial charge in [-0.3, -0.25) is 9.59 Å². The van der Waals surface area contributed by atoms with Crippen molar-refractivity contribution in [3.63, 3.8) is 0 Å². The third kappa shape index (κ3) is 2.61. The van der Waals surface area contributed by atoms with E-state index in [9.17, 15) is 9.59 Å². The molecule has 1 N–H and O–H groups in total. The number of fused-ring (bicyclic) bond motifs is 1. The standard InChI is InChI=1S/C17H17NO3/c19-16(20)11-13-7-4-10-18(13)17(21)15-9-3-6-12-5-1-2-8-14(12)15/h1-3,5-6,8-9,13H,4,7,10-11H2,(H,19,20). The fourth-order valence-electron chi connectivity index (χ4n) is 3.08. The summed E-state index contributed by atoms with van der Waals surface area (Å²) in [6.07, 6.45) is 1.66. The van der Waals surface area contributed by atoms with Gasteiger partial charge in [-0.2, -0.15) is 0 Å². The Morgan fingerprint density at radius 2 is 1.90 bits per heavy atom. The molecule has 0 spiro atoms. The van der Waals surface area contributed by atoms with Crippen LogP contribution < -0.4 is 0 Å². The lowest BCUT2D eigenvalue weighted by molar-refractivity contribution is -0.137. The lowest BCUT2D eigenvalue weighted by atomic mass is 10.0. The lowest BCUT2D eigenvalue weighted by Crippen LogP contribution is -2.36. The molecule has 0 radical (unpaired) electrons. The van der Waals surface area contributed by atoms with Crippen molar-refractivity contribution in [2.75, 3.05) is 6.54 Å². The quantitative estimate of drug-likeness (QED) is 0.942. The zero-order valence-corrected chi connectivity index (χ0v) is 11.7. The van der Waals surface area contributed by atoms with Crippen molar-refractivity contribution in [1.82, 2.24) is 4.90 Å². The van der Waals surface area contributed by atoms with Crippen LogP contribution in [0.3, 0.4) is 0 Å². The molecule has 4 nitrogen and oxygen atoms in total. The minimum absolute atomic E-state index is 0.0243. The molecule has 108 valence electrons. The minimum atomic E-state index is -0.849. The summed E-state index contributed by atoms with van der Waals surface area (Å²) in [6.45, 7) is 0.639. The Hall–Kier alpha value is -2.36. The fraction of sp³-hybridized carbons (Fsp3) is 0.294. The first-order chi connectivity index (χ1) is 10.2. The summed E-state index contributed by atoms with van der Waals surface area (Å²) in [5.41, 5.74) is 0.658. The summed E-state index contributed by atoms with van der Waals surface area (Å²) < 4.78 is 0. The van der Waals surface area contributed by atoms with E-state index >= 15 is 0 Å². The van der Waals surface area contributed by atoms with Crippen LogP contribution in [-0.4, -0.2) is 34.5 Å². The smallest absolute Gasteiger partial charge is 0.305 e. The van der Waals surface area contributed by atoms with E-state index in [4.69, 9.17) is 5.11 Å². The van der Waals surface area contributed by atoms with Crippen molar-refractivity contribution in [1.29, 1.82) is 0 Å². The maximum absolute atomic E-state index is 12.8. The van der Waals surface area contributed by atoms with Crippen molar-refractivity contribution < 1.29 is 14.7 Å². The number of amides is 1. The molecule has 3 rings (SSSR count). The second-order valence-corrected chi connectivity index (χ2v) is 5.42. The first kappa shape index (κ1) is 13.6. The summed E-state index contributed by atoms with van der Waals surface area (Å²) >= 11 is 0. The van der Waals surface area contributed by atoms with Crippen molar-refractivity contribution in [3.8, 4) is 0 Å². The number of carbonyl (C=O) groups is 2. The molecule has 2 aromatic rings. The summed E-state index contributed by atoms with van der Waals surface area (Å²) in [4.78, 5) is 25.4. The van der Waals surface area contributed by atoms with Crippen molar-refractivity contribution in [2.24, 2.45) is 0 Å². The number of carboxylic acid groups (broad SMARTS) is 1. The van der Waals surface area contributed by atoms with Gasteiger partial charge < -0.3 is 10.0 Å². The van der Waals surface area contributed by atoms with Crippen molar-refractivity contribution in [3.05, 3.63) is 48.0 Å². The van der Waals surface area contributed by atoms with Crippen LogP contribution >= 0.6 is 0 Å². The molecule has 4 heteroatoms. The van der Waals surface area contributed by atoms with Gasteiger partial charge in [0.25, 0.3) is 5.91 Å². The Bertz CT molecular complexity index is 690. The van der Waals surface area contributed by atoms with Crippen LogP contribution in [-0.2, 0) is 4.79 Å². The molecule has 1 atom stereocenters. The topological polar surface area (TPSA) is 57.6 Å². The maximum atomic E-state index is 12.8. The zero-order valence-electron chi connectivity index (χ0n) is 11.7. The minimum Gasteiger partial charge on any atom is -0.481 e. The highest BCUT2D eigenvalue weighted by molar-refractivity contribution is 6.07. The Labute approximate surface area is 123 Å². The van der Waals surface area contributed by atoms with Crippen molar-refractivity contribution >= 4 is 22.6 Å². The predicted octanol–water partition coefficient (Wildman–Crippen LogP) is 2.92.